The molecule has 0 saturated carbocycles. The number of allylic oxidation sites excluding steroid dienone is 1. The average molecular weight is 473 g/mol. The van der Waals surface area contributed by atoms with Crippen LogP contribution in [0.3, 0.4) is 0 Å². The van der Waals surface area contributed by atoms with E-state index in [1.807, 2.05) is 30.3 Å². The van der Waals surface area contributed by atoms with E-state index in [1.54, 1.807) is 11.3 Å². The van der Waals surface area contributed by atoms with E-state index in [9.17, 15) is 0 Å². The average Bonchev–Trinajstić information content (AvgIpc) is 3.52. The summed E-state index contributed by atoms with van der Waals surface area (Å²) in [6.07, 6.45) is 0.915. The van der Waals surface area contributed by atoms with E-state index in [2.05, 4.69) is 71.0 Å². The number of aromatic nitrogens is 2. The van der Waals surface area contributed by atoms with E-state index in [0.29, 0.717) is 16.8 Å². The first-order chi connectivity index (χ1) is 16.1. The summed E-state index contributed by atoms with van der Waals surface area (Å²) in [7, 11) is 0. The van der Waals surface area contributed by atoms with Crippen molar-refractivity contribution in [3.63, 3.8) is 0 Å². The number of rotatable bonds is 6. The van der Waals surface area contributed by atoms with Gasteiger partial charge in [0.15, 0.2) is 5.11 Å². The molecule has 7 heteroatoms. The zero-order valence-electron chi connectivity index (χ0n) is 18.5. The van der Waals surface area contributed by atoms with Crippen molar-refractivity contribution >= 4 is 34.2 Å². The number of aryl methyl sites for hydroxylation is 1. The summed E-state index contributed by atoms with van der Waals surface area (Å²) < 4.78 is 5.82. The fraction of sp³-hybridized carbons (Fsp3) is 0.192. The maximum atomic E-state index is 5.82. The Morgan fingerprint density at radius 2 is 1.82 bits per heavy atom. The maximum Gasteiger partial charge on any atom is 0.258 e. The summed E-state index contributed by atoms with van der Waals surface area (Å²) in [6, 6.07) is 22.5. The molecule has 1 aliphatic heterocycles. The van der Waals surface area contributed by atoms with Crippen LogP contribution < -0.4 is 5.32 Å². The van der Waals surface area contributed by atoms with Gasteiger partial charge in [-0.3, -0.25) is 0 Å². The predicted molar refractivity (Wildman–Crippen MR) is 137 cm³/mol. The first-order valence-electron chi connectivity index (χ1n) is 10.9. The normalized spacial score (nSPS) is 16.2. The lowest BCUT2D eigenvalue weighted by Crippen LogP contribution is -2.46. The third-order valence-electron chi connectivity index (χ3n) is 5.86. The Labute approximate surface area is 202 Å². The minimum atomic E-state index is -0.164. The lowest BCUT2D eigenvalue weighted by Gasteiger charge is -2.37. The van der Waals surface area contributed by atoms with E-state index < -0.39 is 0 Å². The van der Waals surface area contributed by atoms with Crippen LogP contribution in [0.15, 0.2) is 82.3 Å². The van der Waals surface area contributed by atoms with Crippen molar-refractivity contribution in [3.05, 3.63) is 99.7 Å². The van der Waals surface area contributed by atoms with Crippen LogP contribution in [0.4, 0.5) is 0 Å². The van der Waals surface area contributed by atoms with Gasteiger partial charge < -0.3 is 14.7 Å². The van der Waals surface area contributed by atoms with E-state index in [1.165, 1.54) is 10.4 Å². The highest BCUT2D eigenvalue weighted by Gasteiger charge is 2.33. The fourth-order valence-electron chi connectivity index (χ4n) is 4.05. The van der Waals surface area contributed by atoms with Gasteiger partial charge in [-0.1, -0.05) is 71.4 Å². The van der Waals surface area contributed by atoms with Crippen molar-refractivity contribution in [2.24, 2.45) is 0 Å². The second-order valence-electron chi connectivity index (χ2n) is 8.06. The minimum absolute atomic E-state index is 0.164. The van der Waals surface area contributed by atoms with E-state index in [0.717, 1.165) is 35.4 Å². The number of hydrogen-bond donors (Lipinski definition) is 1. The number of benzene rings is 2. The van der Waals surface area contributed by atoms with Crippen molar-refractivity contribution in [3.8, 4) is 11.4 Å². The predicted octanol–water partition coefficient (Wildman–Crippen LogP) is 6.01. The molecule has 2 aromatic carbocycles. The van der Waals surface area contributed by atoms with Crippen LogP contribution in [0.1, 0.15) is 34.9 Å². The van der Waals surface area contributed by atoms with Crippen molar-refractivity contribution in [1.29, 1.82) is 0 Å². The molecule has 4 aromatic rings. The molecule has 5 nitrogen and oxygen atoms in total. The molecule has 1 atom stereocenters. The molecule has 5 rings (SSSR count). The smallest absolute Gasteiger partial charge is 0.258 e. The van der Waals surface area contributed by atoms with Crippen LogP contribution >= 0.6 is 23.6 Å². The Hall–Kier alpha value is -3.29. The molecule has 166 valence electrons. The quantitative estimate of drug-likeness (QED) is 0.347. The first-order valence-corrected chi connectivity index (χ1v) is 12.2. The van der Waals surface area contributed by atoms with Gasteiger partial charge in [0.25, 0.3) is 5.89 Å². The second kappa shape index (κ2) is 9.29. The SMILES string of the molecule is CC1=C(c2nc(-c3ccc(C)cc3)no2)C(c2ccccc2)NC(=S)N1CCc1cccs1. The van der Waals surface area contributed by atoms with Crippen LogP contribution in [0, 0.1) is 6.92 Å². The van der Waals surface area contributed by atoms with Gasteiger partial charge in [-0.25, -0.2) is 0 Å². The zero-order chi connectivity index (χ0) is 22.8. The van der Waals surface area contributed by atoms with Crippen molar-refractivity contribution < 1.29 is 4.52 Å². The Bertz CT molecular complexity index is 1280. The number of hydrogen-bond acceptors (Lipinski definition) is 5. The van der Waals surface area contributed by atoms with E-state index in [-0.39, 0.29) is 6.04 Å². The molecule has 0 saturated heterocycles. The van der Waals surface area contributed by atoms with Gasteiger partial charge in [0, 0.05) is 22.7 Å². The number of thiocarbonyl (C=S) groups is 1. The minimum Gasteiger partial charge on any atom is -0.351 e. The Morgan fingerprint density at radius 3 is 2.55 bits per heavy atom. The first kappa shape index (κ1) is 21.6. The molecule has 0 bridgehead atoms. The molecule has 33 heavy (non-hydrogen) atoms. The van der Waals surface area contributed by atoms with Crippen LogP contribution in [0.2, 0.25) is 0 Å². The van der Waals surface area contributed by atoms with Gasteiger partial charge in [0.05, 0.1) is 11.6 Å². The molecule has 0 fully saturated rings. The Balaban J connectivity index is 1.54. The fourth-order valence-corrected chi connectivity index (χ4v) is 5.10. The van der Waals surface area contributed by atoms with Gasteiger partial charge in [0.1, 0.15) is 0 Å². The van der Waals surface area contributed by atoms with Gasteiger partial charge in [-0.2, -0.15) is 4.98 Å². The lowest BCUT2D eigenvalue weighted by atomic mass is 9.95. The third-order valence-corrected chi connectivity index (χ3v) is 7.13. The second-order valence-corrected chi connectivity index (χ2v) is 9.48. The highest BCUT2D eigenvalue weighted by Crippen LogP contribution is 2.37. The topological polar surface area (TPSA) is 54.2 Å². The van der Waals surface area contributed by atoms with Crippen molar-refractivity contribution in [2.45, 2.75) is 26.3 Å². The Morgan fingerprint density at radius 1 is 1.03 bits per heavy atom. The molecule has 1 unspecified atom stereocenters. The molecule has 0 aliphatic carbocycles. The molecule has 2 aromatic heterocycles. The number of nitrogens with zero attached hydrogens (tertiary/aromatic N) is 3. The molecule has 3 heterocycles. The molecular formula is C26H24N4OS2. The van der Waals surface area contributed by atoms with Crippen LogP contribution in [0.25, 0.3) is 17.0 Å². The van der Waals surface area contributed by atoms with Gasteiger partial charge in [-0.05, 0) is 49.5 Å². The highest BCUT2D eigenvalue weighted by molar-refractivity contribution is 7.80. The van der Waals surface area contributed by atoms with E-state index in [4.69, 9.17) is 21.7 Å². The van der Waals surface area contributed by atoms with E-state index >= 15 is 0 Å². The molecule has 0 spiro atoms. The monoisotopic (exact) mass is 472 g/mol. The van der Waals surface area contributed by atoms with Crippen LogP contribution in [-0.4, -0.2) is 26.7 Å². The zero-order valence-corrected chi connectivity index (χ0v) is 20.1. The third kappa shape index (κ3) is 4.47. The highest BCUT2D eigenvalue weighted by atomic mass is 32.1. The molecular weight excluding hydrogens is 448 g/mol. The summed E-state index contributed by atoms with van der Waals surface area (Å²) in [5, 5.41) is 10.6. The summed E-state index contributed by atoms with van der Waals surface area (Å²) in [4.78, 5) is 8.25. The summed E-state index contributed by atoms with van der Waals surface area (Å²) in [5.74, 6) is 1.09. The van der Waals surface area contributed by atoms with Gasteiger partial charge >= 0.3 is 0 Å². The van der Waals surface area contributed by atoms with Gasteiger partial charge in [0.2, 0.25) is 5.82 Å². The largest absolute Gasteiger partial charge is 0.351 e. The lowest BCUT2D eigenvalue weighted by molar-refractivity contribution is 0.397. The van der Waals surface area contributed by atoms with Crippen molar-refractivity contribution in [1.82, 2.24) is 20.4 Å². The summed E-state index contributed by atoms with van der Waals surface area (Å²) in [5.41, 5.74) is 5.20. The molecule has 0 amide bonds. The number of thiophene rings is 1. The molecule has 1 N–H and O–H groups in total. The summed E-state index contributed by atoms with van der Waals surface area (Å²) in [6.45, 7) is 4.93. The molecule has 1 aliphatic rings. The summed E-state index contributed by atoms with van der Waals surface area (Å²) >= 11 is 7.55. The standard InChI is InChI=1S/C26H24N4OS2/c1-17-10-12-20(13-11-17)24-28-25(31-29-24)22-18(2)30(15-14-21-9-6-16-33-21)26(32)27-23(22)19-7-4-3-5-8-19/h3-13,16,23H,14-15H2,1-2H3,(H,27,32). The Kier molecular flexibility index (Phi) is 6.07. The van der Waals surface area contributed by atoms with Crippen molar-refractivity contribution in [2.75, 3.05) is 6.54 Å². The maximum absolute atomic E-state index is 5.82. The number of nitrogens with one attached hydrogen (secondary N) is 1. The molecule has 0 radical (unpaired) electrons. The van der Waals surface area contributed by atoms with Crippen LogP contribution in [0.5, 0.6) is 0 Å². The van der Waals surface area contributed by atoms with Gasteiger partial charge in [-0.15, -0.1) is 11.3 Å². The van der Waals surface area contributed by atoms with Crippen LogP contribution in [-0.2, 0) is 6.42 Å².